The first kappa shape index (κ1) is 9.83. The minimum absolute atomic E-state index is 0.320. The van der Waals surface area contributed by atoms with Gasteiger partial charge in [-0.05, 0) is 51.8 Å². The smallest absolute Gasteiger partial charge is 0.193 e. The predicted octanol–water partition coefficient (Wildman–Crippen LogP) is 3.34. The van der Waals surface area contributed by atoms with Crippen LogP contribution in [0.3, 0.4) is 0 Å². The normalized spacial score (nSPS) is 13.1. The summed E-state index contributed by atoms with van der Waals surface area (Å²) in [5.41, 5.74) is 5.88. The third-order valence-electron chi connectivity index (χ3n) is 1.80. The van der Waals surface area contributed by atoms with E-state index in [0.717, 1.165) is 0 Å². The fourth-order valence-electron chi connectivity index (χ4n) is 1.13. The first-order chi connectivity index (χ1) is 6.66. The minimum Gasteiger partial charge on any atom is -0.452 e. The molecule has 0 amide bonds. The third kappa shape index (κ3) is 1.87. The average molecular weight is 277 g/mol. The molecule has 0 spiro atoms. The van der Waals surface area contributed by atoms with Crippen molar-refractivity contribution in [1.82, 2.24) is 0 Å². The van der Waals surface area contributed by atoms with E-state index in [0.29, 0.717) is 21.4 Å². The van der Waals surface area contributed by atoms with Gasteiger partial charge in [-0.3, -0.25) is 0 Å². The van der Waals surface area contributed by atoms with Crippen LogP contribution < -0.4 is 5.73 Å². The van der Waals surface area contributed by atoms with Gasteiger partial charge in [-0.25, -0.2) is 0 Å². The fourth-order valence-corrected chi connectivity index (χ4v) is 1.60. The van der Waals surface area contributed by atoms with Gasteiger partial charge in [0.15, 0.2) is 9.89 Å². The van der Waals surface area contributed by atoms with E-state index in [4.69, 9.17) is 26.2 Å². The van der Waals surface area contributed by atoms with Crippen LogP contribution in [0.1, 0.15) is 17.6 Å². The summed E-state index contributed by atoms with van der Waals surface area (Å²) in [6, 6.07) is 6.51. The van der Waals surface area contributed by atoms with E-state index in [1.807, 2.05) is 0 Å². The molecule has 3 nitrogen and oxygen atoms in total. The Morgan fingerprint density at radius 1 is 1.14 bits per heavy atom. The third-order valence-corrected chi connectivity index (χ3v) is 2.43. The molecule has 2 aromatic heterocycles. The molecule has 0 fully saturated rings. The van der Waals surface area contributed by atoms with Crippen LogP contribution in [0.25, 0.3) is 0 Å². The minimum atomic E-state index is -0.422. The molecule has 0 saturated carbocycles. The average Bonchev–Trinajstić information content (AvgIpc) is 2.73. The van der Waals surface area contributed by atoms with Crippen molar-refractivity contribution in [2.75, 3.05) is 0 Å². The molecule has 2 rings (SSSR count). The molecule has 2 N–H and O–H groups in total. The van der Waals surface area contributed by atoms with Crippen LogP contribution in [0.5, 0.6) is 0 Å². The predicted molar refractivity (Wildman–Crippen MR) is 56.2 cm³/mol. The lowest BCUT2D eigenvalue weighted by Gasteiger charge is -2.03. The van der Waals surface area contributed by atoms with Crippen LogP contribution in [0, 0.1) is 0 Å². The molecule has 0 aliphatic carbocycles. The molecule has 0 bridgehead atoms. The first-order valence-electron chi connectivity index (χ1n) is 3.93. The summed E-state index contributed by atoms with van der Waals surface area (Å²) >= 11 is 8.83. The largest absolute Gasteiger partial charge is 0.452 e. The maximum atomic E-state index is 5.88. The molecule has 1 unspecified atom stereocenters. The number of rotatable bonds is 2. The lowest BCUT2D eigenvalue weighted by Crippen LogP contribution is -2.09. The zero-order valence-corrected chi connectivity index (χ0v) is 9.38. The zero-order chi connectivity index (χ0) is 10.1. The van der Waals surface area contributed by atoms with Gasteiger partial charge < -0.3 is 14.6 Å². The summed E-state index contributed by atoms with van der Waals surface area (Å²) in [4.78, 5) is 0. The second-order valence-electron chi connectivity index (χ2n) is 2.76. The van der Waals surface area contributed by atoms with Crippen LogP contribution in [0.2, 0.25) is 5.22 Å². The Morgan fingerprint density at radius 3 is 2.29 bits per heavy atom. The number of nitrogens with two attached hydrogens (primary N) is 1. The summed E-state index contributed by atoms with van der Waals surface area (Å²) in [6.07, 6.45) is 0. The maximum Gasteiger partial charge on any atom is 0.193 e. The molecule has 1 atom stereocenters. The maximum absolute atomic E-state index is 5.88. The number of halogens is 2. The van der Waals surface area contributed by atoms with Gasteiger partial charge in [0.05, 0.1) is 0 Å². The summed E-state index contributed by atoms with van der Waals surface area (Å²) in [5.74, 6) is 1.21. The van der Waals surface area contributed by atoms with E-state index in [9.17, 15) is 0 Å². The highest BCUT2D eigenvalue weighted by atomic mass is 79.9. The van der Waals surface area contributed by atoms with E-state index in [1.165, 1.54) is 0 Å². The Labute approximate surface area is 94.0 Å². The molecule has 0 radical (unpaired) electrons. The SMILES string of the molecule is NC(c1ccc(Cl)o1)c1ccc(Br)o1. The lowest BCUT2D eigenvalue weighted by atomic mass is 10.2. The highest BCUT2D eigenvalue weighted by Crippen LogP contribution is 2.26. The van der Waals surface area contributed by atoms with E-state index >= 15 is 0 Å². The van der Waals surface area contributed by atoms with Crippen molar-refractivity contribution in [3.05, 3.63) is 45.7 Å². The molecular formula is C9H7BrClNO2. The van der Waals surface area contributed by atoms with Gasteiger partial charge in [0.25, 0.3) is 0 Å². The van der Waals surface area contributed by atoms with Gasteiger partial charge >= 0.3 is 0 Å². The van der Waals surface area contributed by atoms with Gasteiger partial charge in [0.1, 0.15) is 17.6 Å². The van der Waals surface area contributed by atoms with Crippen molar-refractivity contribution in [3.63, 3.8) is 0 Å². The zero-order valence-electron chi connectivity index (χ0n) is 7.04. The van der Waals surface area contributed by atoms with Crippen LogP contribution >= 0.6 is 27.5 Å². The van der Waals surface area contributed by atoms with E-state index in [2.05, 4.69) is 15.9 Å². The van der Waals surface area contributed by atoms with Gasteiger partial charge in [-0.1, -0.05) is 0 Å². The van der Waals surface area contributed by atoms with Gasteiger partial charge in [0.2, 0.25) is 0 Å². The number of hydrogen-bond donors (Lipinski definition) is 1. The Kier molecular flexibility index (Phi) is 2.67. The van der Waals surface area contributed by atoms with Crippen molar-refractivity contribution in [2.45, 2.75) is 6.04 Å². The second-order valence-corrected chi connectivity index (χ2v) is 3.92. The Hall–Kier alpha value is -0.710. The topological polar surface area (TPSA) is 52.3 Å². The highest BCUT2D eigenvalue weighted by molar-refractivity contribution is 9.10. The molecule has 2 aromatic rings. The number of hydrogen-bond acceptors (Lipinski definition) is 3. The monoisotopic (exact) mass is 275 g/mol. The van der Waals surface area contributed by atoms with Crippen molar-refractivity contribution >= 4 is 27.5 Å². The Balaban J connectivity index is 2.28. The van der Waals surface area contributed by atoms with Gasteiger partial charge in [-0.15, -0.1) is 0 Å². The molecular weight excluding hydrogens is 269 g/mol. The molecule has 0 aromatic carbocycles. The fraction of sp³-hybridized carbons (Fsp3) is 0.111. The van der Waals surface area contributed by atoms with Crippen molar-refractivity contribution in [1.29, 1.82) is 0 Å². The summed E-state index contributed by atoms with van der Waals surface area (Å²) in [5, 5.41) is 0.320. The van der Waals surface area contributed by atoms with Crippen LogP contribution in [0.4, 0.5) is 0 Å². The first-order valence-corrected chi connectivity index (χ1v) is 5.10. The van der Waals surface area contributed by atoms with E-state index in [1.54, 1.807) is 24.3 Å². The molecule has 2 heterocycles. The molecule has 74 valence electrons. The quantitative estimate of drug-likeness (QED) is 0.915. The van der Waals surface area contributed by atoms with Crippen LogP contribution in [-0.2, 0) is 0 Å². The lowest BCUT2D eigenvalue weighted by molar-refractivity contribution is 0.423. The molecule has 0 aliphatic heterocycles. The Bertz CT molecular complexity index is 397. The molecule has 0 aliphatic rings. The van der Waals surface area contributed by atoms with Crippen LogP contribution in [-0.4, -0.2) is 0 Å². The molecule has 5 heteroatoms. The second kappa shape index (κ2) is 3.81. The summed E-state index contributed by atoms with van der Waals surface area (Å²) < 4.78 is 11.1. The van der Waals surface area contributed by atoms with Crippen molar-refractivity contribution < 1.29 is 8.83 Å². The highest BCUT2D eigenvalue weighted by Gasteiger charge is 2.16. The standard InChI is InChI=1S/C9H7BrClNO2/c10-7-3-1-5(13-7)9(12)6-2-4-8(11)14-6/h1-4,9H,12H2. The van der Waals surface area contributed by atoms with E-state index < -0.39 is 6.04 Å². The Morgan fingerprint density at radius 2 is 1.79 bits per heavy atom. The summed E-state index contributed by atoms with van der Waals surface area (Å²) in [6.45, 7) is 0. The van der Waals surface area contributed by atoms with Crippen molar-refractivity contribution in [3.8, 4) is 0 Å². The number of furan rings is 2. The molecule has 0 saturated heterocycles. The van der Waals surface area contributed by atoms with Gasteiger partial charge in [-0.2, -0.15) is 0 Å². The van der Waals surface area contributed by atoms with E-state index in [-0.39, 0.29) is 0 Å². The van der Waals surface area contributed by atoms with Gasteiger partial charge in [0, 0.05) is 0 Å². The summed E-state index contributed by atoms with van der Waals surface area (Å²) in [7, 11) is 0. The molecule has 14 heavy (non-hydrogen) atoms. The van der Waals surface area contributed by atoms with Crippen molar-refractivity contribution in [2.24, 2.45) is 5.73 Å². The van der Waals surface area contributed by atoms with Crippen LogP contribution in [0.15, 0.2) is 37.8 Å².